The van der Waals surface area contributed by atoms with E-state index in [0.29, 0.717) is 11.3 Å². The molecule has 1 N–H and O–H groups in total. The van der Waals surface area contributed by atoms with Crippen LogP contribution >= 0.6 is 0 Å². The van der Waals surface area contributed by atoms with Crippen LogP contribution in [0.3, 0.4) is 0 Å². The number of hydrogen-bond acceptors (Lipinski definition) is 4. The van der Waals surface area contributed by atoms with Crippen LogP contribution in [0.1, 0.15) is 34.5 Å². The van der Waals surface area contributed by atoms with Crippen LogP contribution in [0.2, 0.25) is 0 Å². The Labute approximate surface area is 190 Å². The van der Waals surface area contributed by atoms with Crippen molar-refractivity contribution in [1.29, 1.82) is 0 Å². The van der Waals surface area contributed by atoms with Crippen LogP contribution in [0.15, 0.2) is 54.7 Å². The SMILES string of the molecule is COc1ccc(N2CCC(NC(=O)c3cnn(-c4cccc(C(F)(F)F)c4)c3C)CC2)cc1. The normalized spacial score (nSPS) is 14.9. The topological polar surface area (TPSA) is 59.4 Å². The van der Waals surface area contributed by atoms with Crippen molar-refractivity contribution in [3.63, 3.8) is 0 Å². The minimum absolute atomic E-state index is 0.0169. The summed E-state index contributed by atoms with van der Waals surface area (Å²) in [6.45, 7) is 3.29. The van der Waals surface area contributed by atoms with Gasteiger partial charge in [-0.15, -0.1) is 0 Å². The molecule has 1 saturated heterocycles. The fourth-order valence-electron chi connectivity index (χ4n) is 4.05. The molecule has 4 rings (SSSR count). The molecule has 0 unspecified atom stereocenters. The number of methoxy groups -OCH3 is 1. The number of rotatable bonds is 5. The van der Waals surface area contributed by atoms with Crippen LogP contribution in [-0.2, 0) is 6.18 Å². The summed E-state index contributed by atoms with van der Waals surface area (Å²) in [6.07, 6.45) is -1.47. The maximum absolute atomic E-state index is 13.0. The molecule has 1 fully saturated rings. The lowest BCUT2D eigenvalue weighted by Gasteiger charge is -2.34. The Hall–Kier alpha value is -3.49. The number of nitrogens with one attached hydrogen (secondary N) is 1. The smallest absolute Gasteiger partial charge is 0.416 e. The first kappa shape index (κ1) is 22.7. The molecule has 0 atom stereocenters. The Bertz CT molecular complexity index is 1120. The van der Waals surface area contributed by atoms with Gasteiger partial charge in [0.05, 0.1) is 35.8 Å². The van der Waals surface area contributed by atoms with E-state index >= 15 is 0 Å². The van der Waals surface area contributed by atoms with Gasteiger partial charge in [-0.3, -0.25) is 4.79 Å². The van der Waals surface area contributed by atoms with E-state index in [1.54, 1.807) is 14.0 Å². The summed E-state index contributed by atoms with van der Waals surface area (Å²) in [5.41, 5.74) is 1.45. The Morgan fingerprint density at radius 3 is 2.42 bits per heavy atom. The average molecular weight is 458 g/mol. The number of carbonyl (C=O) groups excluding carboxylic acids is 1. The van der Waals surface area contributed by atoms with Gasteiger partial charge in [-0.05, 0) is 62.2 Å². The number of benzene rings is 2. The summed E-state index contributed by atoms with van der Waals surface area (Å²) in [4.78, 5) is 15.1. The molecule has 1 aliphatic rings. The molecule has 0 bridgehead atoms. The minimum atomic E-state index is -4.45. The van der Waals surface area contributed by atoms with Crippen LogP contribution in [0.5, 0.6) is 5.75 Å². The van der Waals surface area contributed by atoms with E-state index in [2.05, 4.69) is 15.3 Å². The summed E-state index contributed by atoms with van der Waals surface area (Å²) >= 11 is 0. The van der Waals surface area contributed by atoms with Crippen molar-refractivity contribution < 1.29 is 22.7 Å². The van der Waals surface area contributed by atoms with Crippen LogP contribution in [0.4, 0.5) is 18.9 Å². The predicted molar refractivity (Wildman–Crippen MR) is 119 cm³/mol. The first-order chi connectivity index (χ1) is 15.8. The third-order valence-electron chi connectivity index (χ3n) is 5.94. The van der Waals surface area contributed by atoms with Crippen molar-refractivity contribution in [3.8, 4) is 11.4 Å². The second-order valence-corrected chi connectivity index (χ2v) is 8.04. The number of aromatic nitrogens is 2. The van der Waals surface area contributed by atoms with E-state index < -0.39 is 11.7 Å². The van der Waals surface area contributed by atoms with Crippen molar-refractivity contribution in [1.82, 2.24) is 15.1 Å². The molecule has 1 amide bonds. The zero-order chi connectivity index (χ0) is 23.6. The van der Waals surface area contributed by atoms with Crippen LogP contribution in [0, 0.1) is 6.92 Å². The number of carbonyl (C=O) groups is 1. The number of hydrogen-bond donors (Lipinski definition) is 1. The Kier molecular flexibility index (Phi) is 6.31. The number of amides is 1. The van der Waals surface area contributed by atoms with Gasteiger partial charge < -0.3 is 15.0 Å². The molecule has 2 heterocycles. The second kappa shape index (κ2) is 9.17. The highest BCUT2D eigenvalue weighted by Crippen LogP contribution is 2.30. The first-order valence-electron chi connectivity index (χ1n) is 10.7. The number of piperidine rings is 1. The van der Waals surface area contributed by atoms with Crippen molar-refractivity contribution in [2.45, 2.75) is 32.0 Å². The van der Waals surface area contributed by atoms with E-state index in [0.717, 1.165) is 49.5 Å². The van der Waals surface area contributed by atoms with Gasteiger partial charge in [0.2, 0.25) is 0 Å². The summed E-state index contributed by atoms with van der Waals surface area (Å²) in [6, 6.07) is 12.8. The highest BCUT2D eigenvalue weighted by molar-refractivity contribution is 5.95. The van der Waals surface area contributed by atoms with Crippen molar-refractivity contribution in [2.24, 2.45) is 0 Å². The molecule has 0 radical (unpaired) electrons. The zero-order valence-corrected chi connectivity index (χ0v) is 18.4. The number of halogens is 3. The Morgan fingerprint density at radius 1 is 1.09 bits per heavy atom. The predicted octanol–water partition coefficient (Wildman–Crippen LogP) is 4.61. The standard InChI is InChI=1S/C24H25F3N4O2/c1-16-22(15-28-31(16)20-5-3-4-17(14-20)24(25,26)27)23(32)29-18-10-12-30(13-11-18)19-6-8-21(33-2)9-7-19/h3-9,14-15,18H,10-13H2,1-2H3,(H,29,32). The first-order valence-corrected chi connectivity index (χ1v) is 10.7. The summed E-state index contributed by atoms with van der Waals surface area (Å²) in [5, 5.41) is 7.21. The van der Waals surface area contributed by atoms with Gasteiger partial charge in [0.25, 0.3) is 5.91 Å². The van der Waals surface area contributed by atoms with Crippen molar-refractivity contribution >= 4 is 11.6 Å². The summed E-state index contributed by atoms with van der Waals surface area (Å²) < 4.78 is 45.7. The van der Waals surface area contributed by atoms with Gasteiger partial charge in [-0.2, -0.15) is 18.3 Å². The van der Waals surface area contributed by atoms with E-state index in [-0.39, 0.29) is 17.6 Å². The number of nitrogens with zero attached hydrogens (tertiary/aromatic N) is 3. The quantitative estimate of drug-likeness (QED) is 0.607. The fraction of sp³-hybridized carbons (Fsp3) is 0.333. The van der Waals surface area contributed by atoms with Gasteiger partial charge >= 0.3 is 6.18 Å². The Balaban J connectivity index is 1.39. The van der Waals surface area contributed by atoms with E-state index in [9.17, 15) is 18.0 Å². The van der Waals surface area contributed by atoms with E-state index in [4.69, 9.17) is 4.74 Å². The largest absolute Gasteiger partial charge is 0.497 e. The molecule has 9 heteroatoms. The van der Waals surface area contributed by atoms with Gasteiger partial charge in [0, 0.05) is 24.8 Å². The van der Waals surface area contributed by atoms with Crippen molar-refractivity contribution in [3.05, 3.63) is 71.5 Å². The molecule has 174 valence electrons. The van der Waals surface area contributed by atoms with Gasteiger partial charge in [-0.25, -0.2) is 4.68 Å². The second-order valence-electron chi connectivity index (χ2n) is 8.04. The molecule has 33 heavy (non-hydrogen) atoms. The third-order valence-corrected chi connectivity index (χ3v) is 5.94. The molecule has 6 nitrogen and oxygen atoms in total. The molecule has 3 aromatic rings. The molecule has 0 aliphatic carbocycles. The van der Waals surface area contributed by atoms with E-state index in [1.807, 2.05) is 24.3 Å². The van der Waals surface area contributed by atoms with Crippen LogP contribution in [-0.4, -0.2) is 41.9 Å². The van der Waals surface area contributed by atoms with Crippen LogP contribution in [0.25, 0.3) is 5.69 Å². The lowest BCUT2D eigenvalue weighted by atomic mass is 10.0. The summed E-state index contributed by atoms with van der Waals surface area (Å²) in [7, 11) is 1.63. The Morgan fingerprint density at radius 2 is 1.79 bits per heavy atom. The molecule has 1 aliphatic heterocycles. The fourth-order valence-corrected chi connectivity index (χ4v) is 4.05. The lowest BCUT2D eigenvalue weighted by Crippen LogP contribution is -2.44. The molecule has 0 saturated carbocycles. The van der Waals surface area contributed by atoms with Gasteiger partial charge in [-0.1, -0.05) is 6.07 Å². The third kappa shape index (κ3) is 4.97. The molecule has 1 aromatic heterocycles. The maximum Gasteiger partial charge on any atom is 0.416 e. The highest BCUT2D eigenvalue weighted by Gasteiger charge is 2.31. The van der Waals surface area contributed by atoms with Gasteiger partial charge in [0.1, 0.15) is 5.75 Å². The average Bonchev–Trinajstić information content (AvgIpc) is 3.20. The number of ether oxygens (including phenoxy) is 1. The monoisotopic (exact) mass is 458 g/mol. The zero-order valence-electron chi connectivity index (χ0n) is 18.4. The van der Waals surface area contributed by atoms with E-state index in [1.165, 1.54) is 23.0 Å². The minimum Gasteiger partial charge on any atom is -0.497 e. The molecule has 0 spiro atoms. The lowest BCUT2D eigenvalue weighted by molar-refractivity contribution is -0.137. The molecular weight excluding hydrogens is 433 g/mol. The maximum atomic E-state index is 13.0. The number of alkyl halides is 3. The van der Waals surface area contributed by atoms with Crippen LogP contribution < -0.4 is 15.0 Å². The van der Waals surface area contributed by atoms with Crippen molar-refractivity contribution in [2.75, 3.05) is 25.1 Å². The number of anilines is 1. The van der Waals surface area contributed by atoms with Gasteiger partial charge in [0.15, 0.2) is 0 Å². The molecular formula is C24H25F3N4O2. The summed E-state index contributed by atoms with van der Waals surface area (Å²) in [5.74, 6) is 0.538. The highest BCUT2D eigenvalue weighted by atomic mass is 19.4. The molecule has 2 aromatic carbocycles.